The van der Waals surface area contributed by atoms with E-state index in [1.54, 1.807) is 13.8 Å². The molecular formula is C16H14F3NO3S. The Morgan fingerprint density at radius 2 is 1.62 bits per heavy atom. The lowest BCUT2D eigenvalue weighted by molar-refractivity contribution is 0.102. The Balaban J connectivity index is 2.24. The molecule has 0 aliphatic carbocycles. The molecule has 0 radical (unpaired) electrons. The van der Waals surface area contributed by atoms with E-state index in [9.17, 15) is 26.4 Å². The van der Waals surface area contributed by atoms with E-state index < -0.39 is 32.2 Å². The molecule has 0 bridgehead atoms. The number of sulfone groups is 1. The van der Waals surface area contributed by atoms with E-state index in [0.717, 1.165) is 24.3 Å². The van der Waals surface area contributed by atoms with Gasteiger partial charge in [-0.15, -0.1) is 0 Å². The predicted octanol–water partition coefficient (Wildman–Crippen LogP) is 3.69. The molecule has 1 N–H and O–H groups in total. The predicted molar refractivity (Wildman–Crippen MR) is 83.5 cm³/mol. The van der Waals surface area contributed by atoms with Crippen LogP contribution in [-0.2, 0) is 9.84 Å². The van der Waals surface area contributed by atoms with Crippen LogP contribution in [0.25, 0.3) is 0 Å². The lowest BCUT2D eigenvalue weighted by Gasteiger charge is -2.10. The van der Waals surface area contributed by atoms with Gasteiger partial charge in [0.1, 0.15) is 5.82 Å². The maximum absolute atomic E-state index is 13.4. The molecule has 128 valence electrons. The van der Waals surface area contributed by atoms with Gasteiger partial charge in [-0.1, -0.05) is 0 Å². The maximum Gasteiger partial charge on any atom is 0.341 e. The average molecular weight is 357 g/mol. The van der Waals surface area contributed by atoms with Crippen LogP contribution in [0.15, 0.2) is 41.3 Å². The number of anilines is 1. The van der Waals surface area contributed by atoms with Crippen molar-refractivity contribution < 1.29 is 26.4 Å². The summed E-state index contributed by atoms with van der Waals surface area (Å²) in [6.45, 7) is 3.17. The Morgan fingerprint density at radius 1 is 1.04 bits per heavy atom. The molecule has 2 rings (SSSR count). The summed E-state index contributed by atoms with van der Waals surface area (Å²) in [5, 5.41) is 2.57. The molecule has 4 nitrogen and oxygen atoms in total. The summed E-state index contributed by atoms with van der Waals surface area (Å²) in [6.07, 6.45) is 0. The van der Waals surface area contributed by atoms with Crippen LogP contribution in [0, 0.1) is 19.7 Å². The quantitative estimate of drug-likeness (QED) is 0.908. The maximum atomic E-state index is 13.4. The van der Waals surface area contributed by atoms with Crippen molar-refractivity contribution in [3.05, 3.63) is 58.9 Å². The number of benzene rings is 2. The first-order valence-corrected chi connectivity index (χ1v) is 8.38. The van der Waals surface area contributed by atoms with Gasteiger partial charge in [0, 0.05) is 11.3 Å². The van der Waals surface area contributed by atoms with E-state index >= 15 is 0 Å². The zero-order valence-corrected chi connectivity index (χ0v) is 13.6. The van der Waals surface area contributed by atoms with Gasteiger partial charge in [-0.05, 0) is 61.4 Å². The van der Waals surface area contributed by atoms with Crippen LogP contribution in [-0.4, -0.2) is 20.1 Å². The number of halogens is 3. The van der Waals surface area contributed by atoms with Crippen LogP contribution in [0.4, 0.5) is 18.9 Å². The molecule has 0 aliphatic heterocycles. The fourth-order valence-corrected chi connectivity index (χ4v) is 2.73. The molecule has 24 heavy (non-hydrogen) atoms. The van der Waals surface area contributed by atoms with Crippen LogP contribution >= 0.6 is 0 Å². The van der Waals surface area contributed by atoms with Crippen molar-refractivity contribution in [2.24, 2.45) is 0 Å². The molecule has 0 aromatic heterocycles. The molecule has 2 aromatic rings. The Labute approximate surface area is 137 Å². The van der Waals surface area contributed by atoms with E-state index in [-0.39, 0.29) is 5.56 Å². The number of aryl methyl sites for hydroxylation is 2. The van der Waals surface area contributed by atoms with Gasteiger partial charge in [-0.3, -0.25) is 4.79 Å². The number of carbonyl (C=O) groups excluding carboxylic acids is 1. The zero-order chi connectivity index (χ0) is 18.1. The van der Waals surface area contributed by atoms with Crippen molar-refractivity contribution in [1.82, 2.24) is 0 Å². The highest BCUT2D eigenvalue weighted by Gasteiger charge is 2.26. The largest absolute Gasteiger partial charge is 0.341 e. The van der Waals surface area contributed by atoms with Crippen molar-refractivity contribution in [1.29, 1.82) is 0 Å². The molecule has 1 amide bonds. The van der Waals surface area contributed by atoms with E-state index in [0.29, 0.717) is 16.8 Å². The Bertz CT molecular complexity index is 878. The number of carbonyl (C=O) groups is 1. The molecule has 2 aromatic carbocycles. The molecule has 0 unspecified atom stereocenters. The lowest BCUT2D eigenvalue weighted by Crippen LogP contribution is -2.14. The lowest BCUT2D eigenvalue weighted by atomic mass is 10.1. The molecule has 0 fully saturated rings. The number of nitrogens with one attached hydrogen (secondary N) is 1. The first kappa shape index (κ1) is 18.0. The summed E-state index contributed by atoms with van der Waals surface area (Å²) in [5.74, 6) is -4.49. The van der Waals surface area contributed by atoms with Crippen molar-refractivity contribution in [3.8, 4) is 0 Å². The second kappa shape index (κ2) is 6.64. The summed E-state index contributed by atoms with van der Waals surface area (Å²) < 4.78 is 61.0. The van der Waals surface area contributed by atoms with Crippen LogP contribution in [0.5, 0.6) is 0 Å². The van der Waals surface area contributed by atoms with E-state index in [2.05, 4.69) is 5.32 Å². The van der Waals surface area contributed by atoms with Gasteiger partial charge >= 0.3 is 5.76 Å². The van der Waals surface area contributed by atoms with Gasteiger partial charge in [0.25, 0.3) is 5.91 Å². The SMILES string of the molecule is Cc1cc(NC(=O)c2ccc(S(=O)(=O)C(F)F)cc2)c(C)cc1F. The minimum atomic E-state index is -4.70. The van der Waals surface area contributed by atoms with E-state index in [4.69, 9.17) is 0 Å². The number of hydrogen-bond acceptors (Lipinski definition) is 3. The summed E-state index contributed by atoms with van der Waals surface area (Å²) in [6, 6.07) is 6.91. The Morgan fingerprint density at radius 3 is 2.17 bits per heavy atom. The fourth-order valence-electron chi connectivity index (χ4n) is 2.01. The van der Waals surface area contributed by atoms with Crippen LogP contribution in [0.3, 0.4) is 0 Å². The molecule has 0 aliphatic rings. The standard InChI is InChI=1S/C16H14F3NO3S/c1-9-8-14(10(2)7-13(9)17)20-15(21)11-3-5-12(6-4-11)24(22,23)16(18)19/h3-8,16H,1-2H3,(H,20,21). The molecule has 8 heteroatoms. The van der Waals surface area contributed by atoms with E-state index in [1.807, 2.05) is 0 Å². The van der Waals surface area contributed by atoms with Crippen molar-refractivity contribution in [2.45, 2.75) is 24.5 Å². The summed E-state index contributed by atoms with van der Waals surface area (Å²) >= 11 is 0. The van der Waals surface area contributed by atoms with Crippen molar-refractivity contribution in [2.75, 3.05) is 5.32 Å². The summed E-state index contributed by atoms with van der Waals surface area (Å²) in [4.78, 5) is 11.6. The minimum absolute atomic E-state index is 0.0876. The van der Waals surface area contributed by atoms with E-state index in [1.165, 1.54) is 12.1 Å². The van der Waals surface area contributed by atoms with Crippen LogP contribution < -0.4 is 5.32 Å². The van der Waals surface area contributed by atoms with Crippen molar-refractivity contribution in [3.63, 3.8) is 0 Å². The van der Waals surface area contributed by atoms with Gasteiger partial charge in [0.2, 0.25) is 9.84 Å². The highest BCUT2D eigenvalue weighted by atomic mass is 32.2. The normalized spacial score (nSPS) is 11.6. The molecule has 0 atom stereocenters. The highest BCUT2D eigenvalue weighted by molar-refractivity contribution is 7.91. The molecule has 0 spiro atoms. The van der Waals surface area contributed by atoms with Gasteiger partial charge in [0.05, 0.1) is 4.90 Å². The topological polar surface area (TPSA) is 63.2 Å². The van der Waals surface area contributed by atoms with Gasteiger partial charge in [-0.2, -0.15) is 8.78 Å². The number of amides is 1. The molecule has 0 saturated heterocycles. The molecule has 0 saturated carbocycles. The second-order valence-corrected chi connectivity index (χ2v) is 7.12. The average Bonchev–Trinajstić information content (AvgIpc) is 2.52. The first-order valence-electron chi connectivity index (χ1n) is 6.83. The smallest absolute Gasteiger partial charge is 0.322 e. The molecular weight excluding hydrogens is 343 g/mol. The Hall–Kier alpha value is -2.35. The third kappa shape index (κ3) is 3.59. The third-order valence-corrected chi connectivity index (χ3v) is 4.83. The zero-order valence-electron chi connectivity index (χ0n) is 12.8. The third-order valence-electron chi connectivity index (χ3n) is 3.43. The second-order valence-electron chi connectivity index (χ2n) is 5.20. The number of rotatable bonds is 4. The van der Waals surface area contributed by atoms with Crippen LogP contribution in [0.2, 0.25) is 0 Å². The summed E-state index contributed by atoms with van der Waals surface area (Å²) in [5.41, 5.74) is 1.37. The fraction of sp³-hybridized carbons (Fsp3) is 0.188. The molecule has 0 heterocycles. The van der Waals surface area contributed by atoms with Crippen LogP contribution in [0.1, 0.15) is 21.5 Å². The first-order chi connectivity index (χ1) is 11.1. The van der Waals surface area contributed by atoms with Gasteiger partial charge < -0.3 is 5.32 Å². The van der Waals surface area contributed by atoms with Gasteiger partial charge in [0.15, 0.2) is 0 Å². The Kier molecular flexibility index (Phi) is 4.98. The minimum Gasteiger partial charge on any atom is -0.322 e. The summed E-state index contributed by atoms with van der Waals surface area (Å²) in [7, 11) is -4.70. The number of alkyl halides is 2. The highest BCUT2D eigenvalue weighted by Crippen LogP contribution is 2.22. The van der Waals surface area contributed by atoms with Gasteiger partial charge in [-0.25, -0.2) is 12.8 Å². The number of hydrogen-bond donors (Lipinski definition) is 1. The van der Waals surface area contributed by atoms with Crippen molar-refractivity contribution >= 4 is 21.4 Å². The monoisotopic (exact) mass is 357 g/mol.